The fourth-order valence-corrected chi connectivity index (χ4v) is 6.71. The van der Waals surface area contributed by atoms with Crippen molar-refractivity contribution in [2.24, 2.45) is 5.41 Å². The van der Waals surface area contributed by atoms with Crippen LogP contribution < -0.4 is 21.3 Å². The minimum Gasteiger partial charge on any atom is -0.478 e. The third kappa shape index (κ3) is 4.99. The highest BCUT2D eigenvalue weighted by Crippen LogP contribution is 2.57. The summed E-state index contributed by atoms with van der Waals surface area (Å²) in [6.45, 7) is 6.09. The van der Waals surface area contributed by atoms with Gasteiger partial charge in [-0.2, -0.15) is 0 Å². The van der Waals surface area contributed by atoms with E-state index in [0.29, 0.717) is 34.1 Å². The van der Waals surface area contributed by atoms with Gasteiger partial charge in [-0.05, 0) is 59.4 Å². The molecular weight excluding hydrogens is 582 g/mol. The van der Waals surface area contributed by atoms with E-state index < -0.39 is 41.1 Å². The monoisotopic (exact) mass is 612 g/mol. The summed E-state index contributed by atoms with van der Waals surface area (Å²) in [6.07, 6.45) is 0.472. The molecule has 2 aliphatic heterocycles. The fourth-order valence-electron chi connectivity index (χ4n) is 6.36. The number of carbonyl (C=O) groups excluding carboxylic acids is 2. The Morgan fingerprint density at radius 3 is 2.48 bits per heavy atom. The summed E-state index contributed by atoms with van der Waals surface area (Å²) in [5.41, 5.74) is 0.317. The Bertz CT molecular complexity index is 1610. The minimum atomic E-state index is -1.39. The lowest BCUT2D eigenvalue weighted by Crippen LogP contribution is -2.49. The molecule has 2 aliphatic rings. The highest BCUT2D eigenvalue weighted by molar-refractivity contribution is 6.31. The zero-order valence-corrected chi connectivity index (χ0v) is 25.0. The maximum absolute atomic E-state index is 15.9. The molecule has 2 heterocycles. The molecule has 5 rings (SSSR count). The van der Waals surface area contributed by atoms with Crippen molar-refractivity contribution in [3.05, 3.63) is 87.2 Å². The van der Waals surface area contributed by atoms with Gasteiger partial charge in [0.15, 0.2) is 0 Å². The number of carboxylic acid groups (broad SMARTS) is 1. The molecule has 0 radical (unpaired) electrons. The highest BCUT2D eigenvalue weighted by atomic mass is 35.5. The number of fused-ring (bicyclic) bond motifs is 2. The lowest BCUT2D eigenvalue weighted by atomic mass is 9.62. The number of halogens is 3. The lowest BCUT2D eigenvalue weighted by Gasteiger charge is -2.37. The third-order valence-electron chi connectivity index (χ3n) is 8.01. The largest absolute Gasteiger partial charge is 0.478 e. The summed E-state index contributed by atoms with van der Waals surface area (Å²) in [5.74, 6) is -3.73. The Hall–Kier alpha value is -3.66. The molecule has 4 atom stereocenters. The van der Waals surface area contributed by atoms with Crippen molar-refractivity contribution in [1.29, 1.82) is 0 Å². The number of carboxylic acids is 1. The lowest BCUT2D eigenvalue weighted by molar-refractivity contribution is -0.122. The zero-order chi connectivity index (χ0) is 30.6. The third-order valence-corrected chi connectivity index (χ3v) is 8.54. The van der Waals surface area contributed by atoms with Gasteiger partial charge in [0.05, 0.1) is 28.0 Å². The van der Waals surface area contributed by atoms with Crippen molar-refractivity contribution in [2.75, 3.05) is 23.0 Å². The Morgan fingerprint density at radius 1 is 1.07 bits per heavy atom. The molecule has 1 spiro atoms. The van der Waals surface area contributed by atoms with Crippen molar-refractivity contribution in [3.63, 3.8) is 0 Å². The van der Waals surface area contributed by atoms with Crippen LogP contribution >= 0.6 is 23.2 Å². The first-order chi connectivity index (χ1) is 19.8. The van der Waals surface area contributed by atoms with E-state index in [2.05, 4.69) is 21.3 Å². The second-order valence-corrected chi connectivity index (χ2v) is 12.7. The normalized spacial score (nSPS) is 23.0. The molecule has 0 saturated carbocycles. The first-order valence-electron chi connectivity index (χ1n) is 13.5. The van der Waals surface area contributed by atoms with Crippen molar-refractivity contribution in [2.45, 2.75) is 50.6 Å². The van der Waals surface area contributed by atoms with Crippen molar-refractivity contribution >= 4 is 58.0 Å². The van der Waals surface area contributed by atoms with E-state index in [4.69, 9.17) is 23.2 Å². The first kappa shape index (κ1) is 29.8. The van der Waals surface area contributed by atoms with Crippen LogP contribution in [0, 0.1) is 11.2 Å². The van der Waals surface area contributed by atoms with Crippen LogP contribution in [0.3, 0.4) is 0 Å². The van der Waals surface area contributed by atoms with Gasteiger partial charge in [0.2, 0.25) is 11.8 Å². The van der Waals surface area contributed by atoms with Crippen LogP contribution in [0.15, 0.2) is 54.6 Å². The fraction of sp³-hybridized carbons (Fsp3) is 0.323. The summed E-state index contributed by atoms with van der Waals surface area (Å²) >= 11 is 12.5. The minimum absolute atomic E-state index is 0.0392. The molecule has 1 fully saturated rings. The maximum Gasteiger partial charge on any atom is 0.335 e. The summed E-state index contributed by atoms with van der Waals surface area (Å²) in [6, 6.07) is 12.3. The number of carbonyl (C=O) groups is 3. The summed E-state index contributed by atoms with van der Waals surface area (Å²) < 4.78 is 15.9. The van der Waals surface area contributed by atoms with E-state index in [1.54, 1.807) is 37.4 Å². The van der Waals surface area contributed by atoms with Gasteiger partial charge >= 0.3 is 5.97 Å². The second-order valence-electron chi connectivity index (χ2n) is 11.9. The molecule has 5 N–H and O–H groups in total. The van der Waals surface area contributed by atoms with E-state index in [0.717, 1.165) is 0 Å². The van der Waals surface area contributed by atoms with Crippen LogP contribution in [0.25, 0.3) is 0 Å². The van der Waals surface area contributed by atoms with Crippen LogP contribution in [0.1, 0.15) is 54.6 Å². The van der Waals surface area contributed by atoms with Crippen LogP contribution in [0.4, 0.5) is 21.5 Å². The molecule has 3 aromatic carbocycles. The predicted molar refractivity (Wildman–Crippen MR) is 162 cm³/mol. The van der Waals surface area contributed by atoms with E-state index in [1.165, 1.54) is 24.3 Å². The summed E-state index contributed by atoms with van der Waals surface area (Å²) in [4.78, 5) is 39.9. The zero-order valence-electron chi connectivity index (χ0n) is 23.4. The number of hydrogen-bond donors (Lipinski definition) is 5. The van der Waals surface area contributed by atoms with Gasteiger partial charge in [-0.1, -0.05) is 62.2 Å². The molecular formula is C31H31Cl2FN4O4. The molecule has 1 unspecified atom stereocenters. The molecule has 42 heavy (non-hydrogen) atoms. The number of anilines is 3. The highest BCUT2D eigenvalue weighted by Gasteiger charge is 2.66. The smallest absolute Gasteiger partial charge is 0.335 e. The van der Waals surface area contributed by atoms with Gasteiger partial charge in [0.25, 0.3) is 0 Å². The van der Waals surface area contributed by atoms with Crippen LogP contribution in [-0.4, -0.2) is 42.0 Å². The Kier molecular flexibility index (Phi) is 7.72. The Labute approximate surface area is 253 Å². The van der Waals surface area contributed by atoms with E-state index in [-0.39, 0.29) is 27.5 Å². The van der Waals surface area contributed by atoms with Gasteiger partial charge in [0, 0.05) is 29.7 Å². The van der Waals surface area contributed by atoms with Gasteiger partial charge in [-0.3, -0.25) is 9.59 Å². The van der Waals surface area contributed by atoms with Crippen LogP contribution in [-0.2, 0) is 15.0 Å². The molecule has 1 saturated heterocycles. The van der Waals surface area contributed by atoms with E-state index in [9.17, 15) is 19.5 Å². The molecule has 0 aliphatic carbocycles. The molecule has 2 amide bonds. The Morgan fingerprint density at radius 2 is 1.81 bits per heavy atom. The average Bonchev–Trinajstić information content (AvgIpc) is 3.39. The standard InChI is InChI=1S/C31H31Cl2FN4O4/c1-30(2,3)14-23-31(18-10-9-16(32)13-21(18)37-29(31)42)24(17-6-5-7-19(33)25(17)34)26(38-23)27(39)36-20-11-8-15(28(40)41)12-22(20)35-4/h5-13,23-24,26,35,38H,14H2,1-4H3,(H,36,39)(H,37,42)(H,40,41)/t23-,24-,26+,31?/m0/s1. The van der Waals surface area contributed by atoms with Crippen molar-refractivity contribution in [1.82, 2.24) is 5.32 Å². The van der Waals surface area contributed by atoms with Gasteiger partial charge in [-0.15, -0.1) is 0 Å². The van der Waals surface area contributed by atoms with Crippen molar-refractivity contribution in [3.8, 4) is 0 Å². The number of amides is 2. The van der Waals surface area contributed by atoms with E-state index >= 15 is 4.39 Å². The summed E-state index contributed by atoms with van der Waals surface area (Å²) in [5, 5.41) is 21.9. The number of nitrogens with one attached hydrogen (secondary N) is 4. The summed E-state index contributed by atoms with van der Waals surface area (Å²) in [7, 11) is 1.61. The maximum atomic E-state index is 15.9. The number of rotatable bonds is 6. The molecule has 220 valence electrons. The first-order valence-corrected chi connectivity index (χ1v) is 14.2. The molecule has 3 aromatic rings. The topological polar surface area (TPSA) is 120 Å². The van der Waals surface area contributed by atoms with E-state index in [1.807, 2.05) is 20.8 Å². The number of benzene rings is 3. The quantitative estimate of drug-likeness (QED) is 0.224. The second kappa shape index (κ2) is 10.9. The van der Waals surface area contributed by atoms with Gasteiger partial charge in [0.1, 0.15) is 11.2 Å². The molecule has 0 bridgehead atoms. The van der Waals surface area contributed by atoms with Gasteiger partial charge in [-0.25, -0.2) is 9.18 Å². The molecule has 0 aromatic heterocycles. The van der Waals surface area contributed by atoms with Crippen molar-refractivity contribution < 1.29 is 23.9 Å². The number of aromatic carboxylic acids is 1. The molecule has 11 heteroatoms. The molecule has 8 nitrogen and oxygen atoms in total. The van der Waals surface area contributed by atoms with Gasteiger partial charge < -0.3 is 26.4 Å². The van der Waals surface area contributed by atoms with Crippen LogP contribution in [0.5, 0.6) is 0 Å². The SMILES string of the molecule is CNc1cc(C(=O)O)ccc1NC(=O)[C@@H]1N[C@@H](CC(C)(C)C)C2(C(=O)Nc3cc(Cl)ccc32)[C@H]1c1cccc(Cl)c1F. The number of hydrogen-bond acceptors (Lipinski definition) is 5. The Balaban J connectivity index is 1.70. The average molecular weight is 614 g/mol. The van der Waals surface area contributed by atoms with Crippen LogP contribution in [0.2, 0.25) is 10.0 Å². The predicted octanol–water partition coefficient (Wildman–Crippen LogP) is 6.26.